The number of halogens is 3. The van der Waals surface area contributed by atoms with Gasteiger partial charge in [0.05, 0.1) is 11.3 Å². The molecule has 0 radical (unpaired) electrons. The van der Waals surface area contributed by atoms with Gasteiger partial charge in [-0.05, 0) is 54.4 Å². The molecule has 0 fully saturated rings. The quantitative estimate of drug-likeness (QED) is 0.319. The number of carbonyl (C=O) groups excluding carboxylic acids is 2. The van der Waals surface area contributed by atoms with Crippen LogP contribution in [0.25, 0.3) is 22.5 Å². The Balaban J connectivity index is 1.42. The number of carbonyl (C=O) groups is 2. The van der Waals surface area contributed by atoms with Crippen LogP contribution in [0.5, 0.6) is 0 Å². The first-order valence-corrected chi connectivity index (χ1v) is 10.6. The van der Waals surface area contributed by atoms with E-state index in [4.69, 9.17) is 0 Å². The number of nitrogens with one attached hydrogen (secondary N) is 4. The third-order valence-electron chi connectivity index (χ3n) is 5.62. The lowest BCUT2D eigenvalue weighted by Crippen LogP contribution is -2.20. The molecule has 1 aliphatic heterocycles. The number of aromatic nitrogens is 2. The standard InChI is InChI=1S/C25H18F3N5O2/c1-12-10-29-23(31-12)17-6-5-15(18-11-30-24(34)22(17)18)16-4-3-14(9-19(16)27)32-25(35)33-21-7-2-13(26)8-20(21)28/h2-10H,11H2,1H3,(H,29,31)(H,30,34)(H2,32,33,35). The Bertz CT molecular complexity index is 1500. The van der Waals surface area contributed by atoms with E-state index < -0.39 is 23.5 Å². The van der Waals surface area contributed by atoms with Crippen molar-refractivity contribution in [1.29, 1.82) is 0 Å². The number of imidazole rings is 1. The van der Waals surface area contributed by atoms with Crippen molar-refractivity contribution in [2.24, 2.45) is 0 Å². The fourth-order valence-corrected chi connectivity index (χ4v) is 4.03. The van der Waals surface area contributed by atoms with Crippen LogP contribution in [-0.4, -0.2) is 21.9 Å². The minimum Gasteiger partial charge on any atom is -0.348 e. The smallest absolute Gasteiger partial charge is 0.323 e. The van der Waals surface area contributed by atoms with Gasteiger partial charge in [-0.2, -0.15) is 0 Å². The molecule has 3 aromatic carbocycles. The molecule has 0 saturated heterocycles. The van der Waals surface area contributed by atoms with E-state index in [1.807, 2.05) is 6.92 Å². The summed E-state index contributed by atoms with van der Waals surface area (Å²) < 4.78 is 41.9. The van der Waals surface area contributed by atoms with Crippen LogP contribution < -0.4 is 16.0 Å². The number of H-pyrrole nitrogens is 1. The van der Waals surface area contributed by atoms with Gasteiger partial charge in [-0.15, -0.1) is 0 Å². The van der Waals surface area contributed by atoms with Crippen molar-refractivity contribution in [3.63, 3.8) is 0 Å². The maximum absolute atomic E-state index is 15.1. The monoisotopic (exact) mass is 477 g/mol. The van der Waals surface area contributed by atoms with Gasteiger partial charge < -0.3 is 20.9 Å². The lowest BCUT2D eigenvalue weighted by Gasteiger charge is -2.13. The third-order valence-corrected chi connectivity index (χ3v) is 5.62. The van der Waals surface area contributed by atoms with Crippen molar-refractivity contribution in [2.45, 2.75) is 13.5 Å². The molecule has 4 N–H and O–H groups in total. The highest BCUT2D eigenvalue weighted by atomic mass is 19.1. The number of fused-ring (bicyclic) bond motifs is 1. The van der Waals surface area contributed by atoms with E-state index >= 15 is 4.39 Å². The van der Waals surface area contributed by atoms with E-state index in [9.17, 15) is 18.4 Å². The normalized spacial score (nSPS) is 12.3. The molecule has 5 rings (SSSR count). The molecule has 35 heavy (non-hydrogen) atoms. The van der Waals surface area contributed by atoms with E-state index in [2.05, 4.69) is 25.9 Å². The van der Waals surface area contributed by atoms with Crippen LogP contribution in [-0.2, 0) is 6.54 Å². The molecule has 176 valence electrons. The minimum atomic E-state index is -0.938. The Hall–Kier alpha value is -4.60. The second kappa shape index (κ2) is 8.64. The number of amides is 3. The highest BCUT2D eigenvalue weighted by Gasteiger charge is 2.28. The van der Waals surface area contributed by atoms with Crippen LogP contribution in [0, 0.1) is 24.4 Å². The predicted octanol–water partition coefficient (Wildman–Crippen LogP) is 5.36. The molecule has 2 heterocycles. The van der Waals surface area contributed by atoms with Crippen LogP contribution in [0.1, 0.15) is 21.6 Å². The summed E-state index contributed by atoms with van der Waals surface area (Å²) in [4.78, 5) is 32.2. The molecule has 0 atom stereocenters. The van der Waals surface area contributed by atoms with Crippen LogP contribution in [0.4, 0.5) is 29.3 Å². The Morgan fingerprint density at radius 2 is 1.71 bits per heavy atom. The number of aromatic amines is 1. The van der Waals surface area contributed by atoms with Crippen molar-refractivity contribution >= 4 is 23.3 Å². The molecular weight excluding hydrogens is 459 g/mol. The van der Waals surface area contributed by atoms with Gasteiger partial charge in [0.15, 0.2) is 0 Å². The Kier molecular flexibility index (Phi) is 5.48. The number of nitrogens with zero attached hydrogens (tertiary/aromatic N) is 1. The van der Waals surface area contributed by atoms with Crippen LogP contribution in [0.3, 0.4) is 0 Å². The molecule has 3 amide bonds. The zero-order valence-corrected chi connectivity index (χ0v) is 18.3. The van der Waals surface area contributed by atoms with Gasteiger partial charge in [-0.25, -0.2) is 22.9 Å². The summed E-state index contributed by atoms with van der Waals surface area (Å²) in [5.41, 5.74) is 3.22. The fourth-order valence-electron chi connectivity index (χ4n) is 4.03. The maximum Gasteiger partial charge on any atom is 0.323 e. The Labute approximate surface area is 197 Å². The number of rotatable bonds is 4. The number of hydrogen-bond donors (Lipinski definition) is 4. The summed E-state index contributed by atoms with van der Waals surface area (Å²) in [5.74, 6) is -2.06. The Morgan fingerprint density at radius 1 is 0.943 bits per heavy atom. The lowest BCUT2D eigenvalue weighted by atomic mass is 9.92. The number of benzene rings is 3. The maximum atomic E-state index is 15.1. The van der Waals surface area contributed by atoms with E-state index in [0.29, 0.717) is 34.1 Å². The van der Waals surface area contributed by atoms with E-state index in [-0.39, 0.29) is 29.4 Å². The topological polar surface area (TPSA) is 98.9 Å². The van der Waals surface area contributed by atoms with Crippen LogP contribution >= 0.6 is 0 Å². The SMILES string of the molecule is Cc1cnc(-c2ccc(-c3ccc(NC(=O)Nc4ccc(F)cc4F)cc3F)c3c2C(=O)NC3)[nH]1. The van der Waals surface area contributed by atoms with E-state index in [1.54, 1.807) is 18.3 Å². The molecule has 10 heteroatoms. The zero-order valence-electron chi connectivity index (χ0n) is 18.3. The molecule has 0 unspecified atom stereocenters. The highest BCUT2D eigenvalue weighted by Crippen LogP contribution is 2.36. The molecule has 4 aromatic rings. The average Bonchev–Trinajstić information content (AvgIpc) is 3.42. The zero-order chi connectivity index (χ0) is 24.7. The fraction of sp³-hybridized carbons (Fsp3) is 0.0800. The predicted molar refractivity (Wildman–Crippen MR) is 124 cm³/mol. The first kappa shape index (κ1) is 22.2. The highest BCUT2D eigenvalue weighted by molar-refractivity contribution is 6.06. The second-order valence-corrected chi connectivity index (χ2v) is 8.01. The van der Waals surface area contributed by atoms with Crippen LogP contribution in [0.2, 0.25) is 0 Å². The van der Waals surface area contributed by atoms with E-state index in [1.165, 1.54) is 12.1 Å². The van der Waals surface area contributed by atoms with Gasteiger partial charge in [-0.3, -0.25) is 4.79 Å². The summed E-state index contributed by atoms with van der Waals surface area (Å²) in [6.07, 6.45) is 1.66. The summed E-state index contributed by atoms with van der Waals surface area (Å²) in [6.45, 7) is 2.09. The first-order valence-electron chi connectivity index (χ1n) is 10.6. The van der Waals surface area contributed by atoms with E-state index in [0.717, 1.165) is 23.9 Å². The van der Waals surface area contributed by atoms with Gasteiger partial charge in [0.1, 0.15) is 23.3 Å². The van der Waals surface area contributed by atoms with Crippen molar-refractivity contribution in [2.75, 3.05) is 10.6 Å². The molecule has 1 aliphatic rings. The average molecular weight is 477 g/mol. The number of urea groups is 1. The summed E-state index contributed by atoms with van der Waals surface area (Å²) in [7, 11) is 0. The minimum absolute atomic E-state index is 0.125. The molecule has 1 aromatic heterocycles. The van der Waals surface area contributed by atoms with Crippen molar-refractivity contribution < 1.29 is 22.8 Å². The molecule has 0 saturated carbocycles. The van der Waals surface area contributed by atoms with Gasteiger partial charge in [0, 0.05) is 41.3 Å². The number of aryl methyl sites for hydroxylation is 1. The van der Waals surface area contributed by atoms with Gasteiger partial charge >= 0.3 is 6.03 Å². The molecule has 0 bridgehead atoms. The first-order chi connectivity index (χ1) is 16.8. The Morgan fingerprint density at radius 3 is 2.43 bits per heavy atom. The van der Waals surface area contributed by atoms with Gasteiger partial charge in [-0.1, -0.05) is 6.07 Å². The summed E-state index contributed by atoms with van der Waals surface area (Å²) >= 11 is 0. The molecule has 0 aliphatic carbocycles. The van der Waals surface area contributed by atoms with Crippen LogP contribution in [0.15, 0.2) is 54.7 Å². The number of anilines is 2. The molecule has 7 nitrogen and oxygen atoms in total. The van der Waals surface area contributed by atoms with Gasteiger partial charge in [0.2, 0.25) is 0 Å². The lowest BCUT2D eigenvalue weighted by molar-refractivity contribution is 0.0966. The summed E-state index contributed by atoms with van der Waals surface area (Å²) in [5, 5.41) is 7.44. The summed E-state index contributed by atoms with van der Waals surface area (Å²) in [6, 6.07) is 9.43. The van der Waals surface area contributed by atoms with Crippen molar-refractivity contribution in [3.05, 3.63) is 89.0 Å². The van der Waals surface area contributed by atoms with Crippen molar-refractivity contribution in [1.82, 2.24) is 15.3 Å². The second-order valence-electron chi connectivity index (χ2n) is 8.01. The van der Waals surface area contributed by atoms with Crippen molar-refractivity contribution in [3.8, 4) is 22.5 Å². The molecule has 0 spiro atoms. The van der Waals surface area contributed by atoms with Gasteiger partial charge in [0.25, 0.3) is 5.91 Å². The third kappa shape index (κ3) is 4.21. The number of hydrogen-bond acceptors (Lipinski definition) is 3. The largest absolute Gasteiger partial charge is 0.348 e. The molecular formula is C25H18F3N5O2.